The lowest BCUT2D eigenvalue weighted by Crippen LogP contribution is -1.96. The summed E-state index contributed by atoms with van der Waals surface area (Å²) in [6.45, 7) is 2.59. The molecule has 2 aromatic heterocycles. The molecule has 0 unspecified atom stereocenters. The Morgan fingerprint density at radius 2 is 2.18 bits per heavy atom. The molecule has 2 N–H and O–H groups in total. The van der Waals surface area contributed by atoms with Crippen LogP contribution in [-0.4, -0.2) is 22.3 Å². The van der Waals surface area contributed by atoms with Crippen molar-refractivity contribution < 1.29 is 4.74 Å². The minimum atomic E-state index is 0.500. The van der Waals surface area contributed by atoms with Gasteiger partial charge in [-0.15, -0.1) is 21.5 Å². The van der Waals surface area contributed by atoms with Crippen molar-refractivity contribution in [3.05, 3.63) is 22.7 Å². The Labute approximate surface area is 104 Å². The zero-order valence-electron chi connectivity index (χ0n) is 9.80. The predicted octanol–water partition coefficient (Wildman–Crippen LogP) is 1.63. The average molecular weight is 250 g/mol. The molecule has 0 saturated heterocycles. The lowest BCUT2D eigenvalue weighted by molar-refractivity contribution is 0.392. The SMILES string of the molecule is CCc1nc(-c2ccc(OC)nn2)sc1CN. The van der Waals surface area contributed by atoms with Gasteiger partial charge in [0, 0.05) is 17.5 Å². The van der Waals surface area contributed by atoms with E-state index in [1.54, 1.807) is 24.5 Å². The third-order valence-corrected chi connectivity index (χ3v) is 3.51. The molecule has 0 aliphatic carbocycles. The van der Waals surface area contributed by atoms with Crippen LogP contribution < -0.4 is 10.5 Å². The van der Waals surface area contributed by atoms with E-state index in [4.69, 9.17) is 10.5 Å². The normalized spacial score (nSPS) is 10.5. The highest BCUT2D eigenvalue weighted by Crippen LogP contribution is 2.27. The van der Waals surface area contributed by atoms with Gasteiger partial charge in [0.2, 0.25) is 5.88 Å². The van der Waals surface area contributed by atoms with Gasteiger partial charge in [0.05, 0.1) is 12.8 Å². The molecule has 0 amide bonds. The molecule has 5 nitrogen and oxygen atoms in total. The maximum absolute atomic E-state index is 5.68. The van der Waals surface area contributed by atoms with Gasteiger partial charge in [-0.2, -0.15) is 0 Å². The van der Waals surface area contributed by atoms with Gasteiger partial charge in [0.25, 0.3) is 0 Å². The van der Waals surface area contributed by atoms with Crippen molar-refractivity contribution in [1.29, 1.82) is 0 Å². The van der Waals surface area contributed by atoms with Gasteiger partial charge in [0.1, 0.15) is 10.7 Å². The number of nitrogens with zero attached hydrogens (tertiary/aromatic N) is 3. The van der Waals surface area contributed by atoms with Gasteiger partial charge in [-0.25, -0.2) is 4.98 Å². The number of methoxy groups -OCH3 is 1. The van der Waals surface area contributed by atoms with E-state index < -0.39 is 0 Å². The summed E-state index contributed by atoms with van der Waals surface area (Å²) in [4.78, 5) is 5.63. The smallest absolute Gasteiger partial charge is 0.233 e. The van der Waals surface area contributed by atoms with Crippen LogP contribution in [0.4, 0.5) is 0 Å². The van der Waals surface area contributed by atoms with Crippen LogP contribution in [0.1, 0.15) is 17.5 Å². The number of ether oxygens (including phenoxy) is 1. The van der Waals surface area contributed by atoms with Crippen molar-refractivity contribution in [2.24, 2.45) is 5.73 Å². The number of nitrogens with two attached hydrogens (primary N) is 1. The molecule has 17 heavy (non-hydrogen) atoms. The Morgan fingerprint density at radius 1 is 1.35 bits per heavy atom. The third kappa shape index (κ3) is 2.42. The second-order valence-corrected chi connectivity index (χ2v) is 4.49. The van der Waals surface area contributed by atoms with Crippen LogP contribution in [-0.2, 0) is 13.0 Å². The Balaban J connectivity index is 2.35. The second kappa shape index (κ2) is 5.20. The summed E-state index contributed by atoms with van der Waals surface area (Å²) >= 11 is 1.57. The molecule has 2 rings (SSSR count). The van der Waals surface area contributed by atoms with Crippen LogP contribution in [0, 0.1) is 0 Å². The largest absolute Gasteiger partial charge is 0.480 e. The summed E-state index contributed by atoms with van der Waals surface area (Å²) in [6, 6.07) is 3.63. The molecule has 0 bridgehead atoms. The van der Waals surface area contributed by atoms with Crippen LogP contribution in [0.2, 0.25) is 0 Å². The van der Waals surface area contributed by atoms with E-state index in [-0.39, 0.29) is 0 Å². The maximum Gasteiger partial charge on any atom is 0.233 e. The Kier molecular flexibility index (Phi) is 3.65. The molecule has 2 aromatic rings. The summed E-state index contributed by atoms with van der Waals surface area (Å²) in [5, 5.41) is 8.86. The minimum absolute atomic E-state index is 0.500. The molecule has 0 fully saturated rings. The molecule has 0 atom stereocenters. The Hall–Kier alpha value is -1.53. The average Bonchev–Trinajstić information content (AvgIpc) is 2.82. The number of thiazole rings is 1. The Bertz CT molecular complexity index is 473. The number of rotatable bonds is 4. The summed E-state index contributed by atoms with van der Waals surface area (Å²) < 4.78 is 4.97. The van der Waals surface area contributed by atoms with E-state index in [9.17, 15) is 0 Å². The highest BCUT2D eigenvalue weighted by atomic mass is 32.1. The fraction of sp³-hybridized carbons (Fsp3) is 0.364. The van der Waals surface area contributed by atoms with Crippen molar-refractivity contribution in [3.8, 4) is 16.6 Å². The first-order chi connectivity index (χ1) is 8.28. The minimum Gasteiger partial charge on any atom is -0.480 e. The molecule has 0 aliphatic heterocycles. The fourth-order valence-corrected chi connectivity index (χ4v) is 2.47. The molecule has 0 radical (unpaired) electrons. The van der Waals surface area contributed by atoms with Crippen molar-refractivity contribution >= 4 is 11.3 Å². The van der Waals surface area contributed by atoms with E-state index in [1.807, 2.05) is 6.07 Å². The van der Waals surface area contributed by atoms with Crippen molar-refractivity contribution in [1.82, 2.24) is 15.2 Å². The van der Waals surface area contributed by atoms with Gasteiger partial charge in [-0.3, -0.25) is 0 Å². The van der Waals surface area contributed by atoms with Crippen molar-refractivity contribution in [2.75, 3.05) is 7.11 Å². The summed E-state index contributed by atoms with van der Waals surface area (Å²) in [7, 11) is 1.56. The molecule has 6 heteroatoms. The van der Waals surface area contributed by atoms with Crippen LogP contribution >= 0.6 is 11.3 Å². The fourth-order valence-electron chi connectivity index (χ4n) is 1.47. The predicted molar refractivity (Wildman–Crippen MR) is 67.0 cm³/mol. The number of hydrogen-bond acceptors (Lipinski definition) is 6. The lowest BCUT2D eigenvalue weighted by atomic mass is 10.3. The van der Waals surface area contributed by atoms with E-state index in [0.717, 1.165) is 27.7 Å². The molecular formula is C11H14N4OS. The maximum atomic E-state index is 5.68. The molecule has 2 heterocycles. The monoisotopic (exact) mass is 250 g/mol. The topological polar surface area (TPSA) is 73.9 Å². The quantitative estimate of drug-likeness (QED) is 0.892. The first-order valence-electron chi connectivity index (χ1n) is 5.35. The summed E-state index contributed by atoms with van der Waals surface area (Å²) in [5.74, 6) is 0.500. The van der Waals surface area contributed by atoms with E-state index in [0.29, 0.717) is 12.4 Å². The molecule has 0 aromatic carbocycles. The summed E-state index contributed by atoms with van der Waals surface area (Å²) in [6.07, 6.45) is 0.882. The lowest BCUT2D eigenvalue weighted by Gasteiger charge is -1.97. The zero-order valence-corrected chi connectivity index (χ0v) is 10.6. The van der Waals surface area contributed by atoms with Crippen molar-refractivity contribution in [3.63, 3.8) is 0 Å². The zero-order chi connectivity index (χ0) is 12.3. The number of aryl methyl sites for hydroxylation is 1. The number of hydrogen-bond donors (Lipinski definition) is 1. The van der Waals surface area contributed by atoms with Crippen LogP contribution in [0.5, 0.6) is 5.88 Å². The van der Waals surface area contributed by atoms with Crippen molar-refractivity contribution in [2.45, 2.75) is 19.9 Å². The first kappa shape index (κ1) is 11.9. The molecule has 0 spiro atoms. The molecule has 0 saturated carbocycles. The van der Waals surface area contributed by atoms with Crippen LogP contribution in [0.25, 0.3) is 10.7 Å². The van der Waals surface area contributed by atoms with Gasteiger partial charge in [-0.1, -0.05) is 6.92 Å². The third-order valence-electron chi connectivity index (χ3n) is 2.37. The van der Waals surface area contributed by atoms with Crippen LogP contribution in [0.3, 0.4) is 0 Å². The van der Waals surface area contributed by atoms with E-state index in [2.05, 4.69) is 22.1 Å². The Morgan fingerprint density at radius 3 is 2.65 bits per heavy atom. The highest BCUT2D eigenvalue weighted by molar-refractivity contribution is 7.15. The molecule has 90 valence electrons. The van der Waals surface area contributed by atoms with Gasteiger partial charge >= 0.3 is 0 Å². The summed E-state index contributed by atoms with van der Waals surface area (Å²) in [5.41, 5.74) is 7.48. The van der Waals surface area contributed by atoms with Gasteiger partial charge in [-0.05, 0) is 12.5 Å². The second-order valence-electron chi connectivity index (χ2n) is 3.41. The van der Waals surface area contributed by atoms with Gasteiger partial charge < -0.3 is 10.5 Å². The van der Waals surface area contributed by atoms with E-state index in [1.165, 1.54) is 0 Å². The van der Waals surface area contributed by atoms with Gasteiger partial charge in [0.15, 0.2) is 0 Å². The molecule has 0 aliphatic rings. The first-order valence-corrected chi connectivity index (χ1v) is 6.16. The number of aromatic nitrogens is 3. The van der Waals surface area contributed by atoms with Crippen LogP contribution in [0.15, 0.2) is 12.1 Å². The standard InChI is InChI=1S/C11H14N4OS/c1-3-7-9(6-12)17-11(13-7)8-4-5-10(16-2)15-14-8/h4-5H,3,6,12H2,1-2H3. The van der Waals surface area contributed by atoms with E-state index >= 15 is 0 Å². The molecular weight excluding hydrogens is 236 g/mol. The highest BCUT2D eigenvalue weighted by Gasteiger charge is 2.11.